The zero-order valence-electron chi connectivity index (χ0n) is 14.2. The van der Waals surface area contributed by atoms with Gasteiger partial charge in [-0.25, -0.2) is 4.79 Å². The fourth-order valence-electron chi connectivity index (χ4n) is 3.16. The molecule has 0 spiro atoms. The molecule has 5 heteroatoms. The average Bonchev–Trinajstić information content (AvgIpc) is 3.01. The van der Waals surface area contributed by atoms with Crippen molar-refractivity contribution in [2.24, 2.45) is 0 Å². The molecule has 24 heavy (non-hydrogen) atoms. The van der Waals surface area contributed by atoms with Crippen LogP contribution in [0.4, 0.5) is 4.79 Å². The highest BCUT2D eigenvalue weighted by atomic mass is 32.1. The Morgan fingerprint density at radius 1 is 1.25 bits per heavy atom. The number of amides is 1. The number of likely N-dealkylation sites (tertiary alicyclic amines) is 1. The minimum Gasteiger partial charge on any atom is -0.487 e. The SMILES string of the molecule is COc1cc(C2CCN(C(=O)OCc3ccccc3)CC2)c(C)s1. The molecule has 1 aliphatic heterocycles. The van der Waals surface area contributed by atoms with Crippen LogP contribution < -0.4 is 4.74 Å². The zero-order chi connectivity index (χ0) is 16.9. The van der Waals surface area contributed by atoms with Gasteiger partial charge in [-0.2, -0.15) is 0 Å². The summed E-state index contributed by atoms with van der Waals surface area (Å²) < 4.78 is 10.8. The van der Waals surface area contributed by atoms with E-state index in [0.29, 0.717) is 12.5 Å². The van der Waals surface area contributed by atoms with E-state index in [1.165, 1.54) is 10.4 Å². The van der Waals surface area contributed by atoms with Gasteiger partial charge in [-0.15, -0.1) is 11.3 Å². The molecule has 0 N–H and O–H groups in total. The van der Waals surface area contributed by atoms with Crippen LogP contribution in [0.15, 0.2) is 36.4 Å². The first kappa shape index (κ1) is 16.8. The molecule has 2 aromatic rings. The molecule has 0 saturated carbocycles. The molecule has 4 nitrogen and oxygen atoms in total. The predicted molar refractivity (Wildman–Crippen MR) is 95.8 cm³/mol. The summed E-state index contributed by atoms with van der Waals surface area (Å²) in [5, 5.41) is 0.965. The summed E-state index contributed by atoms with van der Waals surface area (Å²) in [6, 6.07) is 11.9. The van der Waals surface area contributed by atoms with Crippen molar-refractivity contribution in [3.05, 3.63) is 52.4 Å². The van der Waals surface area contributed by atoms with Crippen molar-refractivity contribution in [1.82, 2.24) is 4.90 Å². The van der Waals surface area contributed by atoms with Gasteiger partial charge in [-0.1, -0.05) is 30.3 Å². The summed E-state index contributed by atoms with van der Waals surface area (Å²) in [7, 11) is 1.71. The van der Waals surface area contributed by atoms with Gasteiger partial charge in [0.05, 0.1) is 7.11 Å². The van der Waals surface area contributed by atoms with E-state index < -0.39 is 0 Å². The monoisotopic (exact) mass is 345 g/mol. The standard InChI is InChI=1S/C19H23NO3S/c1-14-17(12-18(22-2)24-14)16-8-10-20(11-9-16)19(21)23-13-15-6-4-3-5-7-15/h3-7,12,16H,8-11,13H2,1-2H3. The van der Waals surface area contributed by atoms with Crippen LogP contribution in [0.2, 0.25) is 0 Å². The molecule has 0 atom stereocenters. The number of carbonyl (C=O) groups excluding carboxylic acids is 1. The lowest BCUT2D eigenvalue weighted by molar-refractivity contribution is 0.0870. The van der Waals surface area contributed by atoms with Crippen molar-refractivity contribution >= 4 is 17.4 Å². The van der Waals surface area contributed by atoms with Gasteiger partial charge in [0.1, 0.15) is 6.61 Å². The molecule has 1 aliphatic rings. The van der Waals surface area contributed by atoms with Crippen LogP contribution in [0.5, 0.6) is 5.06 Å². The Hall–Kier alpha value is -2.01. The summed E-state index contributed by atoms with van der Waals surface area (Å²) >= 11 is 1.69. The first-order valence-electron chi connectivity index (χ1n) is 8.27. The van der Waals surface area contributed by atoms with Crippen molar-refractivity contribution in [2.45, 2.75) is 32.3 Å². The van der Waals surface area contributed by atoms with Crippen LogP contribution in [0.3, 0.4) is 0 Å². The Labute approximate surface area is 147 Å². The molecule has 1 amide bonds. The second kappa shape index (κ2) is 7.71. The fraction of sp³-hybridized carbons (Fsp3) is 0.421. The second-order valence-electron chi connectivity index (χ2n) is 6.08. The Morgan fingerprint density at radius 3 is 2.58 bits per heavy atom. The number of benzene rings is 1. The molecule has 1 aromatic carbocycles. The molecule has 128 valence electrons. The predicted octanol–water partition coefficient (Wildman–Crippen LogP) is 4.58. The van der Waals surface area contributed by atoms with Crippen LogP contribution in [0, 0.1) is 6.92 Å². The Bertz CT molecular complexity index is 675. The summed E-state index contributed by atoms with van der Waals surface area (Å²) in [6.45, 7) is 3.97. The number of piperidine rings is 1. The molecule has 0 bridgehead atoms. The lowest BCUT2D eigenvalue weighted by Crippen LogP contribution is -2.38. The van der Waals surface area contributed by atoms with Gasteiger partial charge in [0.15, 0.2) is 5.06 Å². The maximum atomic E-state index is 12.2. The van der Waals surface area contributed by atoms with E-state index in [-0.39, 0.29) is 6.09 Å². The third-order valence-electron chi connectivity index (χ3n) is 4.53. The van der Waals surface area contributed by atoms with E-state index in [2.05, 4.69) is 13.0 Å². The molecule has 0 unspecified atom stereocenters. The highest BCUT2D eigenvalue weighted by Gasteiger charge is 2.26. The van der Waals surface area contributed by atoms with Crippen molar-refractivity contribution in [3.63, 3.8) is 0 Å². The minimum absolute atomic E-state index is 0.211. The quantitative estimate of drug-likeness (QED) is 0.814. The van der Waals surface area contributed by atoms with Crippen LogP contribution >= 0.6 is 11.3 Å². The van der Waals surface area contributed by atoms with Crippen molar-refractivity contribution in [3.8, 4) is 5.06 Å². The Kier molecular flexibility index (Phi) is 5.41. The number of carbonyl (C=O) groups is 1. The second-order valence-corrected chi connectivity index (χ2v) is 7.30. The largest absolute Gasteiger partial charge is 0.487 e. The van der Waals surface area contributed by atoms with Crippen molar-refractivity contribution in [1.29, 1.82) is 0 Å². The molecule has 3 rings (SSSR count). The lowest BCUT2D eigenvalue weighted by atomic mass is 9.90. The van der Waals surface area contributed by atoms with E-state index >= 15 is 0 Å². The number of ether oxygens (including phenoxy) is 2. The highest BCUT2D eigenvalue weighted by Crippen LogP contribution is 2.37. The lowest BCUT2D eigenvalue weighted by Gasteiger charge is -2.31. The van der Waals surface area contributed by atoms with Gasteiger partial charge in [0.2, 0.25) is 0 Å². The first-order chi connectivity index (χ1) is 11.7. The van der Waals surface area contributed by atoms with E-state index in [1.54, 1.807) is 18.4 Å². The molecular weight excluding hydrogens is 322 g/mol. The fourth-order valence-corrected chi connectivity index (χ4v) is 4.07. The third kappa shape index (κ3) is 3.90. The van der Waals surface area contributed by atoms with Crippen LogP contribution in [-0.4, -0.2) is 31.2 Å². The Morgan fingerprint density at radius 2 is 1.96 bits per heavy atom. The Balaban J connectivity index is 1.51. The molecule has 1 fully saturated rings. The summed E-state index contributed by atoms with van der Waals surface area (Å²) in [4.78, 5) is 15.4. The topological polar surface area (TPSA) is 38.8 Å². The third-order valence-corrected chi connectivity index (χ3v) is 5.56. The number of rotatable bonds is 4. The zero-order valence-corrected chi connectivity index (χ0v) is 15.0. The van der Waals surface area contributed by atoms with Gasteiger partial charge in [0, 0.05) is 18.0 Å². The molecular formula is C19H23NO3S. The van der Waals surface area contributed by atoms with Crippen LogP contribution in [0.25, 0.3) is 0 Å². The van der Waals surface area contributed by atoms with Crippen molar-refractivity contribution < 1.29 is 14.3 Å². The van der Waals surface area contributed by atoms with Gasteiger partial charge in [-0.05, 0) is 42.9 Å². The van der Waals surface area contributed by atoms with Crippen molar-refractivity contribution in [2.75, 3.05) is 20.2 Å². The number of nitrogens with zero attached hydrogens (tertiary/aromatic N) is 1. The molecule has 0 aliphatic carbocycles. The molecule has 2 heterocycles. The smallest absolute Gasteiger partial charge is 0.410 e. The molecule has 1 aromatic heterocycles. The first-order valence-corrected chi connectivity index (χ1v) is 9.09. The van der Waals surface area contributed by atoms with Gasteiger partial charge in [-0.3, -0.25) is 0 Å². The number of methoxy groups -OCH3 is 1. The number of thiophene rings is 1. The summed E-state index contributed by atoms with van der Waals surface area (Å²) in [5.41, 5.74) is 2.39. The van der Waals surface area contributed by atoms with Gasteiger partial charge >= 0.3 is 6.09 Å². The maximum absolute atomic E-state index is 12.2. The van der Waals surface area contributed by atoms with E-state index in [0.717, 1.165) is 36.6 Å². The van der Waals surface area contributed by atoms with E-state index in [9.17, 15) is 4.79 Å². The van der Waals surface area contributed by atoms with Crippen LogP contribution in [0.1, 0.15) is 34.8 Å². The molecule has 0 radical (unpaired) electrons. The number of aryl methyl sites for hydroxylation is 1. The van der Waals surface area contributed by atoms with E-state index in [1.807, 2.05) is 35.2 Å². The summed E-state index contributed by atoms with van der Waals surface area (Å²) in [5.74, 6) is 0.503. The average molecular weight is 345 g/mol. The van der Waals surface area contributed by atoms with Gasteiger partial charge < -0.3 is 14.4 Å². The summed E-state index contributed by atoms with van der Waals surface area (Å²) in [6.07, 6.45) is 1.74. The normalized spacial score (nSPS) is 15.3. The van der Waals surface area contributed by atoms with Crippen LogP contribution in [-0.2, 0) is 11.3 Å². The highest BCUT2D eigenvalue weighted by molar-refractivity contribution is 7.13. The number of hydrogen-bond acceptors (Lipinski definition) is 4. The van der Waals surface area contributed by atoms with Gasteiger partial charge in [0.25, 0.3) is 0 Å². The minimum atomic E-state index is -0.211. The van der Waals surface area contributed by atoms with E-state index in [4.69, 9.17) is 9.47 Å². The molecule has 1 saturated heterocycles. The number of hydrogen-bond donors (Lipinski definition) is 0. The maximum Gasteiger partial charge on any atom is 0.410 e.